The molecule has 78 valence electrons. The Kier molecular flexibility index (Phi) is 2.82. The van der Waals surface area contributed by atoms with Crippen molar-refractivity contribution in [3.8, 4) is 0 Å². The maximum absolute atomic E-state index is 5.27. The predicted octanol–water partition coefficient (Wildman–Crippen LogP) is 2.01. The van der Waals surface area contributed by atoms with Gasteiger partial charge in [-0.05, 0) is 26.8 Å². The maximum Gasteiger partial charge on any atom is 0.229 e. The number of nitrogens with zero attached hydrogens (tertiary/aromatic N) is 2. The van der Waals surface area contributed by atoms with Gasteiger partial charge in [0, 0.05) is 5.92 Å². The third-order valence-corrected chi connectivity index (χ3v) is 2.98. The molecule has 1 atom stereocenters. The molecule has 1 unspecified atom stereocenters. The van der Waals surface area contributed by atoms with Crippen molar-refractivity contribution in [3.05, 3.63) is 11.7 Å². The molecule has 0 aliphatic heterocycles. The van der Waals surface area contributed by atoms with Crippen molar-refractivity contribution in [2.24, 2.45) is 0 Å². The maximum atomic E-state index is 5.27. The van der Waals surface area contributed by atoms with Crippen LogP contribution >= 0.6 is 0 Å². The summed E-state index contributed by atoms with van der Waals surface area (Å²) in [5, 5.41) is 7.08. The van der Waals surface area contributed by atoms with Crippen LogP contribution in [0, 0.1) is 0 Å². The highest BCUT2D eigenvalue weighted by molar-refractivity contribution is 4.98. The summed E-state index contributed by atoms with van der Waals surface area (Å²) in [7, 11) is 1.90. The first-order chi connectivity index (χ1) is 6.81. The lowest BCUT2D eigenvalue weighted by Crippen LogP contribution is -2.13. The lowest BCUT2D eigenvalue weighted by molar-refractivity contribution is 0.347. The molecule has 1 aromatic heterocycles. The highest BCUT2D eigenvalue weighted by atomic mass is 16.5. The van der Waals surface area contributed by atoms with E-state index in [-0.39, 0.29) is 6.04 Å². The van der Waals surface area contributed by atoms with E-state index in [0.29, 0.717) is 5.92 Å². The molecule has 0 aromatic carbocycles. The molecule has 1 aromatic rings. The Morgan fingerprint density at radius 2 is 2.14 bits per heavy atom. The molecule has 1 saturated carbocycles. The van der Waals surface area contributed by atoms with Crippen LogP contribution in [-0.4, -0.2) is 17.2 Å². The molecule has 1 aliphatic rings. The van der Waals surface area contributed by atoms with Gasteiger partial charge in [0.05, 0.1) is 6.04 Å². The minimum absolute atomic E-state index is 0.175. The van der Waals surface area contributed by atoms with Gasteiger partial charge in [-0.1, -0.05) is 18.0 Å². The van der Waals surface area contributed by atoms with Gasteiger partial charge in [0.1, 0.15) is 0 Å². The van der Waals surface area contributed by atoms with Gasteiger partial charge in [-0.25, -0.2) is 0 Å². The molecular formula is C10H17N3O. The number of aromatic nitrogens is 2. The zero-order valence-electron chi connectivity index (χ0n) is 8.79. The standard InChI is InChI=1S/C10H17N3O/c1-7(11-2)9-12-10(14-13-9)8-5-3-4-6-8/h7-8,11H,3-6H2,1-2H3. The lowest BCUT2D eigenvalue weighted by Gasteiger charge is -2.02. The molecule has 1 aliphatic carbocycles. The van der Waals surface area contributed by atoms with Crippen molar-refractivity contribution in [2.45, 2.75) is 44.6 Å². The smallest absolute Gasteiger partial charge is 0.229 e. The summed E-state index contributed by atoms with van der Waals surface area (Å²) < 4.78 is 5.27. The SMILES string of the molecule is CNC(C)c1noc(C2CCCC2)n1. The van der Waals surface area contributed by atoms with Gasteiger partial charge in [-0.2, -0.15) is 4.98 Å². The summed E-state index contributed by atoms with van der Waals surface area (Å²) >= 11 is 0. The van der Waals surface area contributed by atoms with Gasteiger partial charge in [0.15, 0.2) is 5.82 Å². The number of rotatable bonds is 3. The average molecular weight is 195 g/mol. The quantitative estimate of drug-likeness (QED) is 0.801. The number of nitrogens with one attached hydrogen (secondary N) is 1. The van der Waals surface area contributed by atoms with Gasteiger partial charge in [0.25, 0.3) is 0 Å². The number of hydrogen-bond acceptors (Lipinski definition) is 4. The van der Waals surface area contributed by atoms with Crippen molar-refractivity contribution in [1.82, 2.24) is 15.5 Å². The lowest BCUT2D eigenvalue weighted by atomic mass is 10.1. The van der Waals surface area contributed by atoms with Crippen LogP contribution in [0.25, 0.3) is 0 Å². The van der Waals surface area contributed by atoms with Gasteiger partial charge < -0.3 is 9.84 Å². The highest BCUT2D eigenvalue weighted by Crippen LogP contribution is 2.33. The first kappa shape index (κ1) is 9.65. The molecule has 1 N–H and O–H groups in total. The van der Waals surface area contributed by atoms with E-state index >= 15 is 0 Å². The fraction of sp³-hybridized carbons (Fsp3) is 0.800. The Morgan fingerprint density at radius 3 is 2.79 bits per heavy atom. The van der Waals surface area contributed by atoms with Crippen molar-refractivity contribution < 1.29 is 4.52 Å². The van der Waals surface area contributed by atoms with Crippen LogP contribution in [0.15, 0.2) is 4.52 Å². The summed E-state index contributed by atoms with van der Waals surface area (Å²) in [4.78, 5) is 4.42. The second-order valence-electron chi connectivity index (χ2n) is 3.98. The first-order valence-electron chi connectivity index (χ1n) is 5.32. The predicted molar refractivity (Wildman–Crippen MR) is 53.0 cm³/mol. The summed E-state index contributed by atoms with van der Waals surface area (Å²) in [6.07, 6.45) is 5.00. The Hall–Kier alpha value is -0.900. The molecule has 0 bridgehead atoms. The third-order valence-electron chi connectivity index (χ3n) is 2.98. The minimum atomic E-state index is 0.175. The Bertz CT molecular complexity index is 291. The van der Waals surface area contributed by atoms with Gasteiger partial charge in [0.2, 0.25) is 5.89 Å². The van der Waals surface area contributed by atoms with Crippen molar-refractivity contribution in [1.29, 1.82) is 0 Å². The van der Waals surface area contributed by atoms with E-state index in [1.807, 2.05) is 14.0 Å². The molecular weight excluding hydrogens is 178 g/mol. The minimum Gasteiger partial charge on any atom is -0.339 e. The fourth-order valence-corrected chi connectivity index (χ4v) is 1.89. The molecule has 0 amide bonds. The van der Waals surface area contributed by atoms with Gasteiger partial charge in [-0.15, -0.1) is 0 Å². The normalized spacial score (nSPS) is 20.1. The van der Waals surface area contributed by atoms with Crippen LogP contribution in [0.2, 0.25) is 0 Å². The van der Waals surface area contributed by atoms with E-state index in [9.17, 15) is 0 Å². The van der Waals surface area contributed by atoms with Crippen molar-refractivity contribution in [2.75, 3.05) is 7.05 Å². The Morgan fingerprint density at radius 1 is 1.43 bits per heavy atom. The van der Waals surface area contributed by atoms with Crippen LogP contribution in [0.4, 0.5) is 0 Å². The Labute approximate surface area is 84.1 Å². The van der Waals surface area contributed by atoms with Gasteiger partial charge >= 0.3 is 0 Å². The molecule has 1 heterocycles. The summed E-state index contributed by atoms with van der Waals surface area (Å²) in [5.41, 5.74) is 0. The molecule has 0 saturated heterocycles. The van der Waals surface area contributed by atoms with E-state index in [1.165, 1.54) is 25.7 Å². The average Bonchev–Trinajstić information content (AvgIpc) is 2.86. The number of hydrogen-bond donors (Lipinski definition) is 1. The molecule has 1 fully saturated rings. The van der Waals surface area contributed by atoms with Crippen molar-refractivity contribution >= 4 is 0 Å². The van der Waals surface area contributed by atoms with Crippen LogP contribution in [0.5, 0.6) is 0 Å². The summed E-state index contributed by atoms with van der Waals surface area (Å²) in [5.74, 6) is 2.12. The topological polar surface area (TPSA) is 51.0 Å². The summed E-state index contributed by atoms with van der Waals surface area (Å²) in [6, 6.07) is 0.175. The van der Waals surface area contributed by atoms with E-state index < -0.39 is 0 Å². The molecule has 0 radical (unpaired) electrons. The third kappa shape index (κ3) is 1.80. The van der Waals surface area contributed by atoms with Crippen LogP contribution in [0.1, 0.15) is 56.3 Å². The second-order valence-corrected chi connectivity index (χ2v) is 3.98. The zero-order chi connectivity index (χ0) is 9.97. The van der Waals surface area contributed by atoms with Crippen molar-refractivity contribution in [3.63, 3.8) is 0 Å². The largest absolute Gasteiger partial charge is 0.339 e. The van der Waals surface area contributed by atoms with Crippen LogP contribution < -0.4 is 5.32 Å². The van der Waals surface area contributed by atoms with E-state index in [4.69, 9.17) is 4.52 Å². The molecule has 14 heavy (non-hydrogen) atoms. The van der Waals surface area contributed by atoms with E-state index in [0.717, 1.165) is 11.7 Å². The van der Waals surface area contributed by atoms with E-state index in [1.54, 1.807) is 0 Å². The fourth-order valence-electron chi connectivity index (χ4n) is 1.89. The molecule has 4 heteroatoms. The van der Waals surface area contributed by atoms with Crippen LogP contribution in [0.3, 0.4) is 0 Å². The van der Waals surface area contributed by atoms with E-state index in [2.05, 4.69) is 15.5 Å². The zero-order valence-corrected chi connectivity index (χ0v) is 8.79. The first-order valence-corrected chi connectivity index (χ1v) is 5.32. The molecule has 2 rings (SSSR count). The molecule has 0 spiro atoms. The monoisotopic (exact) mass is 195 g/mol. The highest BCUT2D eigenvalue weighted by Gasteiger charge is 2.23. The Balaban J connectivity index is 2.08. The van der Waals surface area contributed by atoms with Crippen LogP contribution in [-0.2, 0) is 0 Å². The molecule has 4 nitrogen and oxygen atoms in total. The summed E-state index contributed by atoms with van der Waals surface area (Å²) in [6.45, 7) is 2.03. The second kappa shape index (κ2) is 4.09. The van der Waals surface area contributed by atoms with Gasteiger partial charge in [-0.3, -0.25) is 0 Å².